The molecule has 0 fully saturated rings. The van der Waals surface area contributed by atoms with Gasteiger partial charge < -0.3 is 16.4 Å². The van der Waals surface area contributed by atoms with Gasteiger partial charge in [0.15, 0.2) is 0 Å². The fraction of sp³-hybridized carbons (Fsp3) is 0.625. The molecule has 0 saturated carbocycles. The summed E-state index contributed by atoms with van der Waals surface area (Å²) < 4.78 is 3.87. The molecular weight excluding hydrogens is 214 g/mol. The molecule has 1 heterocycles. The molecule has 0 aromatic carbocycles. The Morgan fingerprint density at radius 3 is 2.80 bits per heavy atom. The second kappa shape index (κ2) is 5.50. The van der Waals surface area contributed by atoms with Gasteiger partial charge in [0.25, 0.3) is 0 Å². The number of primary amides is 1. The van der Waals surface area contributed by atoms with Crippen molar-refractivity contribution >= 4 is 28.5 Å². The standard InChI is InChI=1S/C8H15N5OS/c1-2-3-4-13(5-6(9)14)8-11-7(10)12-15-8/h2-5H2,1H3,(H2,9,14)(H2,10,12). The van der Waals surface area contributed by atoms with E-state index in [1.165, 1.54) is 11.5 Å². The molecule has 84 valence electrons. The van der Waals surface area contributed by atoms with Gasteiger partial charge in [-0.3, -0.25) is 4.79 Å². The minimum atomic E-state index is -0.375. The highest BCUT2D eigenvalue weighted by Crippen LogP contribution is 2.18. The first-order valence-corrected chi connectivity index (χ1v) is 5.53. The first-order valence-electron chi connectivity index (χ1n) is 4.76. The lowest BCUT2D eigenvalue weighted by molar-refractivity contribution is -0.116. The number of anilines is 2. The Labute approximate surface area is 92.4 Å². The number of carbonyl (C=O) groups is 1. The highest BCUT2D eigenvalue weighted by Gasteiger charge is 2.13. The Hall–Kier alpha value is -1.37. The van der Waals surface area contributed by atoms with Crippen LogP contribution in [0.15, 0.2) is 0 Å². The number of aromatic nitrogens is 2. The monoisotopic (exact) mass is 229 g/mol. The number of carbonyl (C=O) groups excluding carboxylic acids is 1. The molecule has 0 bridgehead atoms. The molecule has 0 saturated heterocycles. The molecule has 1 amide bonds. The Morgan fingerprint density at radius 2 is 2.33 bits per heavy atom. The fourth-order valence-corrected chi connectivity index (χ4v) is 1.76. The third kappa shape index (κ3) is 3.70. The Balaban J connectivity index is 2.66. The minimum Gasteiger partial charge on any atom is -0.368 e. The summed E-state index contributed by atoms with van der Waals surface area (Å²) in [4.78, 5) is 16.7. The van der Waals surface area contributed by atoms with Crippen LogP contribution in [0.3, 0.4) is 0 Å². The number of amides is 1. The summed E-state index contributed by atoms with van der Waals surface area (Å²) in [6.07, 6.45) is 2.02. The summed E-state index contributed by atoms with van der Waals surface area (Å²) >= 11 is 1.18. The SMILES string of the molecule is CCCCN(CC(N)=O)c1nc(N)ns1. The lowest BCUT2D eigenvalue weighted by Gasteiger charge is -2.18. The van der Waals surface area contributed by atoms with E-state index in [1.54, 1.807) is 4.90 Å². The molecule has 0 aliphatic carbocycles. The van der Waals surface area contributed by atoms with Crippen molar-refractivity contribution in [3.8, 4) is 0 Å². The van der Waals surface area contributed by atoms with Crippen LogP contribution in [0.5, 0.6) is 0 Å². The van der Waals surface area contributed by atoms with Crippen LogP contribution in [-0.2, 0) is 4.79 Å². The Morgan fingerprint density at radius 1 is 1.60 bits per heavy atom. The number of nitrogen functional groups attached to an aromatic ring is 1. The molecule has 15 heavy (non-hydrogen) atoms. The van der Waals surface area contributed by atoms with E-state index >= 15 is 0 Å². The molecule has 4 N–H and O–H groups in total. The quantitative estimate of drug-likeness (QED) is 0.726. The van der Waals surface area contributed by atoms with Crippen LogP contribution in [0.25, 0.3) is 0 Å². The maximum atomic E-state index is 10.9. The summed E-state index contributed by atoms with van der Waals surface area (Å²) in [5.74, 6) is -0.138. The maximum Gasteiger partial charge on any atom is 0.237 e. The summed E-state index contributed by atoms with van der Waals surface area (Å²) in [6.45, 7) is 2.99. The molecule has 6 nitrogen and oxygen atoms in total. The Bertz CT molecular complexity index is 327. The highest BCUT2D eigenvalue weighted by atomic mass is 32.1. The van der Waals surface area contributed by atoms with Crippen molar-refractivity contribution in [3.05, 3.63) is 0 Å². The van der Waals surface area contributed by atoms with Crippen molar-refractivity contribution in [2.24, 2.45) is 5.73 Å². The van der Waals surface area contributed by atoms with Crippen LogP contribution >= 0.6 is 11.5 Å². The second-order valence-corrected chi connectivity index (χ2v) is 3.91. The van der Waals surface area contributed by atoms with E-state index in [4.69, 9.17) is 11.5 Å². The summed E-state index contributed by atoms with van der Waals surface area (Å²) in [5.41, 5.74) is 10.6. The maximum absolute atomic E-state index is 10.9. The van der Waals surface area contributed by atoms with Crippen LogP contribution in [0, 0.1) is 0 Å². The first-order chi connectivity index (χ1) is 7.13. The molecule has 0 aliphatic heterocycles. The lowest BCUT2D eigenvalue weighted by Crippen LogP contribution is -2.34. The van der Waals surface area contributed by atoms with Crippen molar-refractivity contribution in [1.29, 1.82) is 0 Å². The van der Waals surface area contributed by atoms with Gasteiger partial charge in [0, 0.05) is 18.1 Å². The molecule has 7 heteroatoms. The zero-order valence-electron chi connectivity index (χ0n) is 8.64. The van der Waals surface area contributed by atoms with E-state index < -0.39 is 0 Å². The van der Waals surface area contributed by atoms with Crippen molar-refractivity contribution in [1.82, 2.24) is 9.36 Å². The minimum absolute atomic E-state index is 0.161. The van der Waals surface area contributed by atoms with Gasteiger partial charge in [0.1, 0.15) is 0 Å². The van der Waals surface area contributed by atoms with Gasteiger partial charge in [-0.1, -0.05) is 13.3 Å². The smallest absolute Gasteiger partial charge is 0.237 e. The predicted octanol–water partition coefficient (Wildman–Crippen LogP) is 0.212. The van der Waals surface area contributed by atoms with Crippen molar-refractivity contribution < 1.29 is 4.79 Å². The van der Waals surface area contributed by atoms with E-state index in [2.05, 4.69) is 16.3 Å². The van der Waals surface area contributed by atoms with Crippen LogP contribution < -0.4 is 16.4 Å². The van der Waals surface area contributed by atoms with Crippen LogP contribution in [0.2, 0.25) is 0 Å². The van der Waals surface area contributed by atoms with E-state index in [0.29, 0.717) is 5.13 Å². The van der Waals surface area contributed by atoms with E-state index in [-0.39, 0.29) is 18.4 Å². The molecule has 0 aliphatic rings. The van der Waals surface area contributed by atoms with E-state index in [9.17, 15) is 4.79 Å². The zero-order chi connectivity index (χ0) is 11.3. The summed E-state index contributed by atoms with van der Waals surface area (Å²) in [7, 11) is 0. The first kappa shape index (κ1) is 11.7. The van der Waals surface area contributed by atoms with Gasteiger partial charge in [0.05, 0.1) is 6.54 Å². The van der Waals surface area contributed by atoms with Crippen LogP contribution in [0.4, 0.5) is 11.1 Å². The topological polar surface area (TPSA) is 98.1 Å². The van der Waals surface area contributed by atoms with Crippen LogP contribution in [-0.4, -0.2) is 28.4 Å². The molecule has 0 unspecified atom stereocenters. The summed E-state index contributed by atoms with van der Waals surface area (Å²) in [5, 5.41) is 0.653. The third-order valence-corrected chi connectivity index (χ3v) is 2.62. The number of rotatable bonds is 6. The number of unbranched alkanes of at least 4 members (excludes halogenated alkanes) is 1. The van der Waals surface area contributed by atoms with Gasteiger partial charge in [-0.15, -0.1) is 0 Å². The van der Waals surface area contributed by atoms with Gasteiger partial charge in [-0.05, 0) is 6.42 Å². The number of nitrogens with two attached hydrogens (primary N) is 2. The Kier molecular flexibility index (Phi) is 4.29. The third-order valence-electron chi connectivity index (χ3n) is 1.83. The van der Waals surface area contributed by atoms with E-state index in [0.717, 1.165) is 19.4 Å². The predicted molar refractivity (Wildman–Crippen MR) is 60.6 cm³/mol. The van der Waals surface area contributed by atoms with Crippen molar-refractivity contribution in [2.45, 2.75) is 19.8 Å². The molecule has 1 rings (SSSR count). The lowest BCUT2D eigenvalue weighted by atomic mass is 10.3. The summed E-state index contributed by atoms with van der Waals surface area (Å²) in [6, 6.07) is 0. The molecular formula is C8H15N5OS. The average Bonchev–Trinajstić information content (AvgIpc) is 2.58. The van der Waals surface area contributed by atoms with Gasteiger partial charge in [-0.2, -0.15) is 9.36 Å². The highest BCUT2D eigenvalue weighted by molar-refractivity contribution is 7.09. The van der Waals surface area contributed by atoms with Gasteiger partial charge >= 0.3 is 0 Å². The van der Waals surface area contributed by atoms with Crippen molar-refractivity contribution in [2.75, 3.05) is 23.7 Å². The molecule has 1 aromatic heterocycles. The number of hydrogen-bond donors (Lipinski definition) is 2. The van der Waals surface area contributed by atoms with E-state index in [1.807, 2.05) is 0 Å². The van der Waals surface area contributed by atoms with Gasteiger partial charge in [0.2, 0.25) is 17.0 Å². The molecule has 0 spiro atoms. The molecule has 1 aromatic rings. The molecule has 0 radical (unpaired) electrons. The second-order valence-electron chi connectivity index (χ2n) is 3.18. The largest absolute Gasteiger partial charge is 0.368 e. The average molecular weight is 229 g/mol. The molecule has 0 atom stereocenters. The van der Waals surface area contributed by atoms with Crippen LogP contribution in [0.1, 0.15) is 19.8 Å². The van der Waals surface area contributed by atoms with Gasteiger partial charge in [-0.25, -0.2) is 0 Å². The van der Waals surface area contributed by atoms with Crippen molar-refractivity contribution in [3.63, 3.8) is 0 Å². The fourth-order valence-electron chi connectivity index (χ4n) is 1.13. The zero-order valence-corrected chi connectivity index (χ0v) is 9.46. The normalized spacial score (nSPS) is 10.2. The number of hydrogen-bond acceptors (Lipinski definition) is 6. The number of nitrogens with zero attached hydrogens (tertiary/aromatic N) is 3.